The van der Waals surface area contributed by atoms with Crippen LogP contribution in [0, 0.1) is 11.7 Å². The number of nitrogens with one attached hydrogen (secondary N) is 1. The topological polar surface area (TPSA) is 98.8 Å². The van der Waals surface area contributed by atoms with Crippen molar-refractivity contribution in [1.82, 2.24) is 4.98 Å². The quantitative estimate of drug-likeness (QED) is 0.839. The molecule has 2 aromatic rings. The molecule has 7 nitrogen and oxygen atoms in total. The number of benzene rings is 1. The third-order valence-electron chi connectivity index (χ3n) is 4.56. The van der Waals surface area contributed by atoms with Crippen LogP contribution >= 0.6 is 11.6 Å². The van der Waals surface area contributed by atoms with Crippen LogP contribution in [0.1, 0.15) is 12.0 Å². The second-order valence-electron chi connectivity index (χ2n) is 6.47. The number of fused-ring (bicyclic) bond motifs is 1. The van der Waals surface area contributed by atoms with Gasteiger partial charge in [-0.1, -0.05) is 11.6 Å². The lowest BCUT2D eigenvalue weighted by molar-refractivity contribution is 0.159. The van der Waals surface area contributed by atoms with Gasteiger partial charge in [0.05, 0.1) is 17.2 Å². The van der Waals surface area contributed by atoms with Crippen molar-refractivity contribution in [1.29, 1.82) is 0 Å². The predicted octanol–water partition coefficient (Wildman–Crippen LogP) is 3.09. The molecule has 1 aliphatic carbocycles. The number of amidine groups is 1. The lowest BCUT2D eigenvalue weighted by Gasteiger charge is -2.15. The summed E-state index contributed by atoms with van der Waals surface area (Å²) in [5, 5.41) is 2.99. The Bertz CT molecular complexity index is 921. The highest BCUT2D eigenvalue weighted by Crippen LogP contribution is 2.57. The van der Waals surface area contributed by atoms with Gasteiger partial charge in [-0.15, -0.1) is 0 Å². The molecule has 2 aliphatic rings. The monoisotopic (exact) mass is 390 g/mol. The fraction of sp³-hybridized carbons (Fsp3) is 0.278. The van der Waals surface area contributed by atoms with E-state index in [0.717, 1.165) is 0 Å². The number of nitrogens with zero attached hydrogens (tertiary/aromatic N) is 2. The highest BCUT2D eigenvalue weighted by molar-refractivity contribution is 6.30. The molecule has 1 fully saturated rings. The van der Waals surface area contributed by atoms with E-state index in [9.17, 15) is 9.18 Å². The normalized spacial score (nSPS) is 23.6. The van der Waals surface area contributed by atoms with E-state index in [1.807, 2.05) is 0 Å². The third-order valence-corrected chi connectivity index (χ3v) is 4.79. The highest BCUT2D eigenvalue weighted by atomic mass is 35.5. The molecule has 1 aliphatic heterocycles. The summed E-state index contributed by atoms with van der Waals surface area (Å²) in [6.07, 6.45) is 1.26. The van der Waals surface area contributed by atoms with Gasteiger partial charge in [0, 0.05) is 29.4 Å². The van der Waals surface area contributed by atoms with Crippen LogP contribution in [-0.4, -0.2) is 30.1 Å². The highest BCUT2D eigenvalue weighted by Gasteiger charge is 2.58. The van der Waals surface area contributed by atoms with Gasteiger partial charge in [0.25, 0.3) is 0 Å². The summed E-state index contributed by atoms with van der Waals surface area (Å²) in [6.45, 7) is 0.698. The van der Waals surface area contributed by atoms with E-state index >= 15 is 0 Å². The van der Waals surface area contributed by atoms with E-state index in [0.29, 0.717) is 35.1 Å². The number of ether oxygens (including phenoxy) is 2. The molecule has 0 bridgehead atoms. The summed E-state index contributed by atoms with van der Waals surface area (Å²) in [4.78, 5) is 20.4. The van der Waals surface area contributed by atoms with Crippen LogP contribution in [0.5, 0.6) is 5.88 Å². The molecule has 0 saturated heterocycles. The number of aromatic nitrogens is 1. The summed E-state index contributed by atoms with van der Waals surface area (Å²) in [7, 11) is 0. The van der Waals surface area contributed by atoms with Crippen LogP contribution < -0.4 is 15.8 Å². The van der Waals surface area contributed by atoms with Gasteiger partial charge in [-0.3, -0.25) is 10.3 Å². The van der Waals surface area contributed by atoms with Gasteiger partial charge in [-0.2, -0.15) is 0 Å². The molecule has 1 aromatic carbocycles. The zero-order chi connectivity index (χ0) is 19.0. The molecule has 1 amide bonds. The maximum atomic E-state index is 14.5. The zero-order valence-corrected chi connectivity index (χ0v) is 14.9. The predicted molar refractivity (Wildman–Crippen MR) is 97.5 cm³/mol. The van der Waals surface area contributed by atoms with E-state index in [-0.39, 0.29) is 18.4 Å². The molecule has 2 unspecified atom stereocenters. The van der Waals surface area contributed by atoms with Gasteiger partial charge >= 0.3 is 6.09 Å². The summed E-state index contributed by atoms with van der Waals surface area (Å²) in [5.41, 5.74) is 5.86. The molecular weight excluding hydrogens is 375 g/mol. The van der Waals surface area contributed by atoms with Crippen molar-refractivity contribution in [2.24, 2.45) is 16.6 Å². The first-order valence-electron chi connectivity index (χ1n) is 8.29. The Balaban J connectivity index is 1.53. The lowest BCUT2D eigenvalue weighted by Crippen LogP contribution is -2.21. The fourth-order valence-corrected chi connectivity index (χ4v) is 3.34. The van der Waals surface area contributed by atoms with Crippen molar-refractivity contribution < 1.29 is 18.7 Å². The number of rotatable bonds is 3. The average Bonchev–Trinajstić information content (AvgIpc) is 3.33. The number of hydrogen-bond acceptors (Lipinski definition) is 6. The molecule has 1 saturated carbocycles. The van der Waals surface area contributed by atoms with Gasteiger partial charge in [-0.05, 0) is 30.7 Å². The van der Waals surface area contributed by atoms with Crippen molar-refractivity contribution >= 4 is 29.2 Å². The molecule has 1 aromatic heterocycles. The maximum absolute atomic E-state index is 14.5. The Morgan fingerprint density at radius 3 is 3.04 bits per heavy atom. The molecular formula is C18H16ClFN4O3. The van der Waals surface area contributed by atoms with Crippen molar-refractivity contribution in [3.8, 4) is 5.88 Å². The van der Waals surface area contributed by atoms with Crippen LogP contribution in [0.25, 0.3) is 0 Å². The third kappa shape index (κ3) is 3.58. The smallest absolute Gasteiger partial charge is 0.391 e. The number of pyridine rings is 1. The van der Waals surface area contributed by atoms with Gasteiger partial charge < -0.3 is 15.2 Å². The lowest BCUT2D eigenvalue weighted by atomic mass is 10.0. The van der Waals surface area contributed by atoms with E-state index in [1.165, 1.54) is 24.4 Å². The Morgan fingerprint density at radius 2 is 2.26 bits per heavy atom. The first-order chi connectivity index (χ1) is 13.0. The zero-order valence-electron chi connectivity index (χ0n) is 14.1. The first kappa shape index (κ1) is 17.7. The van der Waals surface area contributed by atoms with E-state index in [4.69, 9.17) is 26.8 Å². The van der Waals surface area contributed by atoms with Crippen LogP contribution in [0.4, 0.5) is 14.9 Å². The van der Waals surface area contributed by atoms with Crippen LogP contribution in [-0.2, 0) is 10.3 Å². The summed E-state index contributed by atoms with van der Waals surface area (Å²) < 4.78 is 25.0. The molecule has 9 heteroatoms. The fourth-order valence-electron chi connectivity index (χ4n) is 3.23. The second kappa shape index (κ2) is 6.79. The van der Waals surface area contributed by atoms with E-state index in [2.05, 4.69) is 15.3 Å². The number of nitrogens with two attached hydrogens (primary N) is 1. The molecule has 0 spiro atoms. The molecule has 140 valence electrons. The Labute approximate surface area is 159 Å². The van der Waals surface area contributed by atoms with Crippen molar-refractivity contribution in [3.63, 3.8) is 0 Å². The largest absolute Gasteiger partial charge is 0.418 e. The van der Waals surface area contributed by atoms with Crippen molar-refractivity contribution in [2.75, 3.05) is 18.5 Å². The van der Waals surface area contributed by atoms with Crippen LogP contribution in [0.15, 0.2) is 41.5 Å². The van der Waals surface area contributed by atoms with Crippen LogP contribution in [0.3, 0.4) is 0 Å². The minimum absolute atomic E-state index is 0.0634. The standard InChI is InChI=1S/C18H16ClFN4O3/c19-11-1-4-16(22-7-11)27-17(25)23-12-2-3-14(20)13(5-12)18-6-10(18)8-26-9-15(21)24-18/h1-5,7,10H,6,8-9H2,(H2,21,24)(H,23,25). The summed E-state index contributed by atoms with van der Waals surface area (Å²) >= 11 is 5.74. The average molecular weight is 391 g/mol. The molecule has 2 heterocycles. The minimum Gasteiger partial charge on any atom is -0.391 e. The summed E-state index contributed by atoms with van der Waals surface area (Å²) in [6, 6.07) is 7.30. The minimum atomic E-state index is -0.751. The summed E-state index contributed by atoms with van der Waals surface area (Å²) in [5.74, 6) is 0.0853. The molecule has 0 radical (unpaired) electrons. The Morgan fingerprint density at radius 1 is 1.41 bits per heavy atom. The van der Waals surface area contributed by atoms with E-state index in [1.54, 1.807) is 12.1 Å². The van der Waals surface area contributed by atoms with Crippen molar-refractivity contribution in [2.45, 2.75) is 12.0 Å². The maximum Gasteiger partial charge on any atom is 0.418 e. The number of aliphatic imine (C=N–C) groups is 1. The van der Waals surface area contributed by atoms with Gasteiger partial charge in [-0.25, -0.2) is 14.2 Å². The number of amides is 1. The van der Waals surface area contributed by atoms with Gasteiger partial charge in [0.1, 0.15) is 18.3 Å². The molecule has 27 heavy (non-hydrogen) atoms. The van der Waals surface area contributed by atoms with Crippen LogP contribution in [0.2, 0.25) is 5.02 Å². The number of halogens is 2. The molecule has 3 N–H and O–H groups in total. The Kier molecular flexibility index (Phi) is 4.45. The van der Waals surface area contributed by atoms with Gasteiger partial charge in [0.2, 0.25) is 5.88 Å². The van der Waals surface area contributed by atoms with E-state index < -0.39 is 17.4 Å². The van der Waals surface area contributed by atoms with Crippen molar-refractivity contribution in [3.05, 3.63) is 52.9 Å². The van der Waals surface area contributed by atoms with Gasteiger partial charge in [0.15, 0.2) is 0 Å². The molecule has 4 rings (SSSR count). The number of carbonyl (C=O) groups excluding carboxylic acids is 1. The number of carbonyl (C=O) groups is 1. The molecule has 2 atom stereocenters. The SMILES string of the molecule is NC1=NC2(c3cc(NC(=O)Oc4ccc(Cl)cn4)ccc3F)CC2COC1. The number of anilines is 1. The first-order valence-corrected chi connectivity index (χ1v) is 8.66. The Hall–Kier alpha value is -2.71. The number of hydrogen-bond donors (Lipinski definition) is 2. The second-order valence-corrected chi connectivity index (χ2v) is 6.90.